The van der Waals surface area contributed by atoms with Crippen LogP contribution in [-0.2, 0) is 7.05 Å². The molecule has 0 spiro atoms. The van der Waals surface area contributed by atoms with Crippen LogP contribution in [0.3, 0.4) is 0 Å². The lowest BCUT2D eigenvalue weighted by atomic mass is 10.1. The molecule has 0 bridgehead atoms. The summed E-state index contributed by atoms with van der Waals surface area (Å²) < 4.78 is 2.13. The predicted molar refractivity (Wildman–Crippen MR) is 89.4 cm³/mol. The second-order valence-electron chi connectivity index (χ2n) is 5.30. The van der Waals surface area contributed by atoms with Gasteiger partial charge in [-0.3, -0.25) is 4.98 Å². The maximum Gasteiger partial charge on any atom is 0.140 e. The Morgan fingerprint density at radius 1 is 0.818 bits per heavy atom. The fourth-order valence-electron chi connectivity index (χ4n) is 2.77. The van der Waals surface area contributed by atoms with Gasteiger partial charge >= 0.3 is 0 Å². The molecule has 4 rings (SSSR count). The summed E-state index contributed by atoms with van der Waals surface area (Å²) in [5, 5.41) is 1.14. The minimum atomic E-state index is 0.974. The summed E-state index contributed by atoms with van der Waals surface area (Å²) in [5.74, 6) is 0.974. The van der Waals surface area contributed by atoms with Gasteiger partial charge in [-0.1, -0.05) is 42.5 Å². The molecule has 2 aromatic carbocycles. The van der Waals surface area contributed by atoms with Crippen molar-refractivity contribution < 1.29 is 0 Å². The zero-order chi connectivity index (χ0) is 14.9. The van der Waals surface area contributed by atoms with Crippen molar-refractivity contribution in [2.75, 3.05) is 0 Å². The topological polar surface area (TPSA) is 30.7 Å². The molecule has 0 aliphatic heterocycles. The van der Waals surface area contributed by atoms with Crippen LogP contribution in [-0.4, -0.2) is 14.5 Å². The summed E-state index contributed by atoms with van der Waals surface area (Å²) in [4.78, 5) is 8.96. The van der Waals surface area contributed by atoms with Gasteiger partial charge in [-0.05, 0) is 18.2 Å². The molecule has 2 heterocycles. The summed E-state index contributed by atoms with van der Waals surface area (Å²) in [6, 6.07) is 20.6. The molecule has 0 fully saturated rings. The van der Waals surface area contributed by atoms with E-state index < -0.39 is 0 Å². The molecule has 0 amide bonds. The summed E-state index contributed by atoms with van der Waals surface area (Å²) in [5.41, 5.74) is 4.39. The molecule has 0 aliphatic carbocycles. The number of nitrogens with zero attached hydrogens (tertiary/aromatic N) is 3. The number of fused-ring (bicyclic) bond motifs is 1. The van der Waals surface area contributed by atoms with E-state index in [9.17, 15) is 0 Å². The Balaban J connectivity index is 1.84. The van der Waals surface area contributed by atoms with E-state index in [4.69, 9.17) is 0 Å². The van der Waals surface area contributed by atoms with Crippen LogP contribution in [0.15, 0.2) is 73.1 Å². The van der Waals surface area contributed by atoms with Gasteiger partial charge in [0.25, 0.3) is 0 Å². The average molecular weight is 285 g/mol. The molecule has 0 N–H and O–H groups in total. The van der Waals surface area contributed by atoms with Crippen molar-refractivity contribution in [1.29, 1.82) is 0 Å². The van der Waals surface area contributed by atoms with Crippen molar-refractivity contribution in [3.05, 3.63) is 73.1 Å². The second-order valence-corrected chi connectivity index (χ2v) is 5.30. The standard InChI is InChI=1S/C19H15N3/c1-22-18(13-21-19(22)14-6-3-2-4-7-14)16-9-10-17-15(12-16)8-5-11-20-17/h2-13H,1H3. The summed E-state index contributed by atoms with van der Waals surface area (Å²) in [6.45, 7) is 0. The lowest BCUT2D eigenvalue weighted by Gasteiger charge is -2.07. The number of rotatable bonds is 2. The van der Waals surface area contributed by atoms with Crippen LogP contribution in [0.5, 0.6) is 0 Å². The molecular formula is C19H15N3. The molecule has 0 atom stereocenters. The van der Waals surface area contributed by atoms with Gasteiger partial charge in [-0.2, -0.15) is 0 Å². The third-order valence-electron chi connectivity index (χ3n) is 3.92. The molecule has 106 valence electrons. The highest BCUT2D eigenvalue weighted by molar-refractivity contribution is 5.84. The van der Waals surface area contributed by atoms with Gasteiger partial charge in [0, 0.05) is 29.8 Å². The van der Waals surface area contributed by atoms with Gasteiger partial charge in [0.05, 0.1) is 17.4 Å². The number of benzene rings is 2. The third kappa shape index (κ3) is 2.07. The van der Waals surface area contributed by atoms with Gasteiger partial charge in [0.1, 0.15) is 5.82 Å². The Bertz CT molecular complexity index is 939. The van der Waals surface area contributed by atoms with Crippen LogP contribution in [0, 0.1) is 0 Å². The average Bonchev–Trinajstić information content (AvgIpc) is 2.97. The van der Waals surface area contributed by atoms with E-state index in [0.717, 1.165) is 33.5 Å². The minimum absolute atomic E-state index is 0.974. The maximum absolute atomic E-state index is 4.59. The lowest BCUT2D eigenvalue weighted by molar-refractivity contribution is 0.933. The summed E-state index contributed by atoms with van der Waals surface area (Å²) in [7, 11) is 2.05. The normalized spacial score (nSPS) is 11.0. The quantitative estimate of drug-likeness (QED) is 0.549. The first kappa shape index (κ1) is 12.8. The molecule has 0 unspecified atom stereocenters. The monoisotopic (exact) mass is 285 g/mol. The van der Waals surface area contributed by atoms with Crippen molar-refractivity contribution >= 4 is 10.9 Å². The van der Waals surface area contributed by atoms with Crippen molar-refractivity contribution in [1.82, 2.24) is 14.5 Å². The molecule has 3 nitrogen and oxygen atoms in total. The number of pyridine rings is 1. The lowest BCUT2D eigenvalue weighted by Crippen LogP contribution is -1.95. The van der Waals surface area contributed by atoms with Crippen molar-refractivity contribution in [2.45, 2.75) is 0 Å². The Morgan fingerprint density at radius 2 is 1.68 bits per heavy atom. The first-order valence-electron chi connectivity index (χ1n) is 7.25. The summed E-state index contributed by atoms with van der Waals surface area (Å²) >= 11 is 0. The highest BCUT2D eigenvalue weighted by Gasteiger charge is 2.10. The van der Waals surface area contributed by atoms with Crippen LogP contribution in [0.1, 0.15) is 0 Å². The maximum atomic E-state index is 4.59. The minimum Gasteiger partial charge on any atom is -0.327 e. The van der Waals surface area contributed by atoms with E-state index in [-0.39, 0.29) is 0 Å². The van der Waals surface area contributed by atoms with Crippen molar-refractivity contribution in [3.8, 4) is 22.6 Å². The largest absolute Gasteiger partial charge is 0.327 e. The van der Waals surface area contributed by atoms with Gasteiger partial charge < -0.3 is 4.57 Å². The highest BCUT2D eigenvalue weighted by atomic mass is 15.1. The van der Waals surface area contributed by atoms with Crippen molar-refractivity contribution in [2.24, 2.45) is 7.05 Å². The molecule has 0 radical (unpaired) electrons. The number of hydrogen-bond acceptors (Lipinski definition) is 2. The number of hydrogen-bond donors (Lipinski definition) is 0. The van der Waals surface area contributed by atoms with E-state index in [1.165, 1.54) is 0 Å². The first-order chi connectivity index (χ1) is 10.8. The van der Waals surface area contributed by atoms with Gasteiger partial charge in [-0.15, -0.1) is 0 Å². The Morgan fingerprint density at radius 3 is 2.55 bits per heavy atom. The molecule has 3 heteroatoms. The molecule has 0 saturated heterocycles. The second kappa shape index (κ2) is 5.11. The molecule has 0 aliphatic rings. The molecule has 0 saturated carbocycles. The van der Waals surface area contributed by atoms with Crippen LogP contribution in [0.25, 0.3) is 33.5 Å². The number of aromatic nitrogens is 3. The van der Waals surface area contributed by atoms with Crippen LogP contribution < -0.4 is 0 Å². The molecular weight excluding hydrogens is 270 g/mol. The van der Waals surface area contributed by atoms with Crippen molar-refractivity contribution in [3.63, 3.8) is 0 Å². The molecule has 2 aromatic heterocycles. The van der Waals surface area contributed by atoms with E-state index in [0.29, 0.717) is 0 Å². The molecule has 22 heavy (non-hydrogen) atoms. The Hall–Kier alpha value is -2.94. The highest BCUT2D eigenvalue weighted by Crippen LogP contribution is 2.27. The van der Waals surface area contributed by atoms with Gasteiger partial charge in [-0.25, -0.2) is 4.98 Å². The predicted octanol–water partition coefficient (Wildman–Crippen LogP) is 4.30. The van der Waals surface area contributed by atoms with Gasteiger partial charge in [0.2, 0.25) is 0 Å². The van der Waals surface area contributed by atoms with E-state index >= 15 is 0 Å². The van der Waals surface area contributed by atoms with E-state index in [1.807, 2.05) is 36.7 Å². The Labute approximate surface area is 128 Å². The zero-order valence-electron chi connectivity index (χ0n) is 12.3. The Kier molecular flexibility index (Phi) is 2.97. The van der Waals surface area contributed by atoms with E-state index in [2.05, 4.69) is 58.0 Å². The first-order valence-corrected chi connectivity index (χ1v) is 7.25. The van der Waals surface area contributed by atoms with Crippen LogP contribution in [0.4, 0.5) is 0 Å². The van der Waals surface area contributed by atoms with Crippen LogP contribution in [0.2, 0.25) is 0 Å². The number of imidazole rings is 1. The fourth-order valence-corrected chi connectivity index (χ4v) is 2.77. The van der Waals surface area contributed by atoms with Crippen LogP contribution >= 0.6 is 0 Å². The van der Waals surface area contributed by atoms with E-state index in [1.54, 1.807) is 0 Å². The zero-order valence-corrected chi connectivity index (χ0v) is 12.3. The summed E-state index contributed by atoms with van der Waals surface area (Å²) in [6.07, 6.45) is 3.75. The van der Waals surface area contributed by atoms with Gasteiger partial charge in [0.15, 0.2) is 0 Å². The molecule has 4 aromatic rings. The fraction of sp³-hybridized carbons (Fsp3) is 0.0526. The third-order valence-corrected chi connectivity index (χ3v) is 3.92. The SMILES string of the molecule is Cn1c(-c2ccc3ncccc3c2)cnc1-c1ccccc1. The smallest absolute Gasteiger partial charge is 0.140 e.